The maximum absolute atomic E-state index is 2.12. The van der Waals surface area contributed by atoms with Crippen molar-refractivity contribution >= 4 is 9.90 Å². The molecule has 0 heterocycles. The molecule has 84 valence electrons. The third-order valence-corrected chi connectivity index (χ3v) is 0. The van der Waals surface area contributed by atoms with Gasteiger partial charge in [-0.25, -0.2) is 0 Å². The predicted octanol–water partition coefficient (Wildman–Crippen LogP) is 5.58. The van der Waals surface area contributed by atoms with Crippen LogP contribution in [0.1, 0.15) is 75.7 Å². The van der Waals surface area contributed by atoms with Crippen LogP contribution in [0.15, 0.2) is 0 Å². The van der Waals surface area contributed by atoms with Crippen molar-refractivity contribution in [2.75, 3.05) is 0 Å². The zero-order valence-electron chi connectivity index (χ0n) is 8.83. The molecule has 0 N–H and O–H groups in total. The van der Waals surface area contributed by atoms with Gasteiger partial charge in [0.15, 0.2) is 0 Å². The Bertz CT molecular complexity index is 9.72. The first-order valence-electron chi connectivity index (χ1n) is 4.24. The van der Waals surface area contributed by atoms with Crippen LogP contribution in [0.25, 0.3) is 0 Å². The second kappa shape index (κ2) is 106. The summed E-state index contributed by atoms with van der Waals surface area (Å²) in [5.41, 5.74) is 0. The molecule has 1 unspecified atom stereocenters. The Morgan fingerprint density at radius 1 is 0.500 bits per heavy atom. The second-order valence-corrected chi connectivity index (χ2v) is 2.12. The number of hydrogen-bond acceptors (Lipinski definition) is 0. The molecule has 0 spiro atoms. The van der Waals surface area contributed by atoms with Crippen LogP contribution in [0, 0.1) is 0 Å². The van der Waals surface area contributed by atoms with Crippen molar-refractivity contribution in [3.05, 3.63) is 0 Å². The fraction of sp³-hybridized carbons (Fsp3) is 1.00. The highest BCUT2D eigenvalue weighted by Gasteiger charge is 1.36. The molecule has 0 fully saturated rings. The molecule has 0 rings (SSSR count). The molecule has 0 nitrogen and oxygen atoms in total. The van der Waals surface area contributed by atoms with Crippen molar-refractivity contribution in [2.24, 2.45) is 0 Å². The lowest BCUT2D eigenvalue weighted by Gasteiger charge is -1.48. The van der Waals surface area contributed by atoms with E-state index in [0.29, 0.717) is 0 Å². The SMILES string of the molecule is C.C.CCC.CCC.CCC.P. The van der Waals surface area contributed by atoms with Gasteiger partial charge in [-0.1, -0.05) is 75.7 Å². The molecule has 0 saturated carbocycles. The van der Waals surface area contributed by atoms with Gasteiger partial charge >= 0.3 is 0 Å². The number of hydrogen-bond donors (Lipinski definition) is 0. The summed E-state index contributed by atoms with van der Waals surface area (Å²) < 4.78 is 0. The maximum Gasteiger partial charge on any atom is -0.0590 e. The van der Waals surface area contributed by atoms with E-state index in [1.54, 1.807) is 0 Å². The molecule has 1 atom stereocenters. The van der Waals surface area contributed by atoms with E-state index in [1.807, 2.05) is 0 Å². The Hall–Kier alpha value is 0.430. The summed E-state index contributed by atoms with van der Waals surface area (Å²) in [6, 6.07) is 0. The molecule has 0 aliphatic heterocycles. The van der Waals surface area contributed by atoms with Crippen LogP contribution >= 0.6 is 9.90 Å². The fourth-order valence-corrected chi connectivity index (χ4v) is 0. The van der Waals surface area contributed by atoms with Crippen LogP contribution in [0.5, 0.6) is 0 Å². The zero-order valence-corrected chi connectivity index (χ0v) is 10.2. The van der Waals surface area contributed by atoms with Crippen molar-refractivity contribution in [3.8, 4) is 0 Å². The molecule has 0 amide bonds. The summed E-state index contributed by atoms with van der Waals surface area (Å²) in [5.74, 6) is 0. The molecule has 12 heavy (non-hydrogen) atoms. The highest BCUT2D eigenvalue weighted by Crippen LogP contribution is 1.56. The summed E-state index contributed by atoms with van der Waals surface area (Å²) in [6.45, 7) is 12.8. The summed E-state index contributed by atoms with van der Waals surface area (Å²) in [6.07, 6.45) is 3.75. The molecule has 0 aliphatic carbocycles. The largest absolute Gasteiger partial charge is 0.153 e. The van der Waals surface area contributed by atoms with E-state index in [1.165, 1.54) is 19.3 Å². The number of rotatable bonds is 0. The smallest absolute Gasteiger partial charge is 0.0590 e. The molecule has 0 aromatic heterocycles. The second-order valence-electron chi connectivity index (χ2n) is 2.12. The average Bonchev–Trinajstić information content (AvgIpc) is 1.70. The Kier molecular flexibility index (Phi) is 346. The van der Waals surface area contributed by atoms with Crippen LogP contribution in [0.4, 0.5) is 0 Å². The summed E-state index contributed by atoms with van der Waals surface area (Å²) >= 11 is 0. The van der Waals surface area contributed by atoms with Crippen LogP contribution in [-0.4, -0.2) is 0 Å². The van der Waals surface area contributed by atoms with Crippen molar-refractivity contribution < 1.29 is 0 Å². The van der Waals surface area contributed by atoms with Gasteiger partial charge in [-0.05, 0) is 0 Å². The van der Waals surface area contributed by atoms with Gasteiger partial charge in [0.25, 0.3) is 0 Å². The first-order valence-corrected chi connectivity index (χ1v) is 4.24. The molecular weight excluding hydrogens is 163 g/mol. The topological polar surface area (TPSA) is 0 Å². The molecule has 0 radical (unpaired) electrons. The van der Waals surface area contributed by atoms with Crippen LogP contribution < -0.4 is 0 Å². The van der Waals surface area contributed by atoms with Gasteiger partial charge in [0.05, 0.1) is 0 Å². The minimum Gasteiger partial charge on any atom is -0.153 e. The highest BCUT2D eigenvalue weighted by molar-refractivity contribution is 6.92. The van der Waals surface area contributed by atoms with Crippen molar-refractivity contribution in [1.82, 2.24) is 0 Å². The predicted molar refractivity (Wildman–Crippen MR) is 72.5 cm³/mol. The fourth-order valence-electron chi connectivity index (χ4n) is 0. The standard InChI is InChI=1S/3C3H8.2CH4.H3P/c3*1-3-2;;;/h3*3H2,1-2H3;2*1H4;1H3. The third kappa shape index (κ3) is 5020. The Morgan fingerprint density at radius 3 is 0.500 bits per heavy atom. The Labute approximate surface area is 86.2 Å². The molecule has 0 bridgehead atoms. The van der Waals surface area contributed by atoms with E-state index < -0.39 is 0 Å². The van der Waals surface area contributed by atoms with Crippen molar-refractivity contribution in [1.29, 1.82) is 0 Å². The lowest BCUT2D eigenvalue weighted by atomic mass is 10.6. The van der Waals surface area contributed by atoms with Crippen molar-refractivity contribution in [2.45, 2.75) is 75.7 Å². The van der Waals surface area contributed by atoms with E-state index in [4.69, 9.17) is 0 Å². The van der Waals surface area contributed by atoms with Gasteiger partial charge in [0.2, 0.25) is 0 Å². The molecule has 0 saturated heterocycles. The quantitative estimate of drug-likeness (QED) is 0.446. The summed E-state index contributed by atoms with van der Waals surface area (Å²) in [7, 11) is 0. The first kappa shape index (κ1) is 39.3. The lowest BCUT2D eigenvalue weighted by molar-refractivity contribution is 1.09. The lowest BCUT2D eigenvalue weighted by Crippen LogP contribution is -1.27. The van der Waals surface area contributed by atoms with Gasteiger partial charge in [0, 0.05) is 0 Å². The summed E-state index contributed by atoms with van der Waals surface area (Å²) in [5, 5.41) is 0. The van der Waals surface area contributed by atoms with Crippen LogP contribution in [0.3, 0.4) is 0 Å². The van der Waals surface area contributed by atoms with Gasteiger partial charge in [-0.15, -0.1) is 0 Å². The third-order valence-electron chi connectivity index (χ3n) is 0. The summed E-state index contributed by atoms with van der Waals surface area (Å²) in [4.78, 5) is 0. The van der Waals surface area contributed by atoms with Crippen LogP contribution in [0.2, 0.25) is 0 Å². The van der Waals surface area contributed by atoms with E-state index in [2.05, 4.69) is 41.5 Å². The Morgan fingerprint density at radius 2 is 0.500 bits per heavy atom. The average molecular weight is 198 g/mol. The first-order chi connectivity index (χ1) is 4.24. The molecule has 0 aromatic rings. The normalized spacial score (nSPS) is 4.50. The minimum absolute atomic E-state index is 0. The van der Waals surface area contributed by atoms with E-state index in [0.717, 1.165) is 0 Å². The van der Waals surface area contributed by atoms with Gasteiger partial charge in [-0.2, -0.15) is 9.90 Å². The Balaban J connectivity index is -0.00000001000. The maximum atomic E-state index is 2.12. The monoisotopic (exact) mass is 198 g/mol. The van der Waals surface area contributed by atoms with Gasteiger partial charge in [0.1, 0.15) is 0 Å². The van der Waals surface area contributed by atoms with Crippen molar-refractivity contribution in [3.63, 3.8) is 0 Å². The molecule has 0 aliphatic rings. The molecule has 1 heteroatoms. The van der Waals surface area contributed by atoms with E-state index in [9.17, 15) is 0 Å². The highest BCUT2D eigenvalue weighted by atomic mass is 31.0. The molecular formula is C11H35P. The van der Waals surface area contributed by atoms with Gasteiger partial charge in [-0.3, -0.25) is 0 Å². The molecule has 0 aromatic carbocycles. The minimum atomic E-state index is 0. The van der Waals surface area contributed by atoms with Crippen LogP contribution in [-0.2, 0) is 0 Å². The zero-order chi connectivity index (χ0) is 8.12. The van der Waals surface area contributed by atoms with E-state index in [-0.39, 0.29) is 24.8 Å². The van der Waals surface area contributed by atoms with E-state index >= 15 is 0 Å². The van der Waals surface area contributed by atoms with Gasteiger partial charge < -0.3 is 0 Å².